The lowest BCUT2D eigenvalue weighted by Crippen LogP contribution is -2.45. The molecule has 3 rings (SSSR count). The molecule has 154 valence electrons. The van der Waals surface area contributed by atoms with Crippen molar-refractivity contribution in [3.8, 4) is 11.4 Å². The summed E-state index contributed by atoms with van der Waals surface area (Å²) in [5, 5.41) is 4.41. The highest BCUT2D eigenvalue weighted by molar-refractivity contribution is 5.85. The van der Waals surface area contributed by atoms with Gasteiger partial charge in [-0.05, 0) is 31.4 Å². The number of carbonyl (C=O) groups is 1. The molecule has 0 unspecified atom stereocenters. The molecule has 0 bridgehead atoms. The maximum absolute atomic E-state index is 12.8. The molecular weight excluding hydrogens is 380 g/mol. The van der Waals surface area contributed by atoms with Crippen molar-refractivity contribution in [3.63, 3.8) is 0 Å². The van der Waals surface area contributed by atoms with E-state index in [2.05, 4.69) is 5.10 Å². The molecule has 1 heterocycles. The van der Waals surface area contributed by atoms with E-state index in [1.54, 1.807) is 30.0 Å². The van der Waals surface area contributed by atoms with Crippen LogP contribution in [0.25, 0.3) is 5.69 Å². The molecule has 1 aliphatic rings. The van der Waals surface area contributed by atoms with Crippen LogP contribution in [-0.4, -0.2) is 54.0 Å². The van der Waals surface area contributed by atoms with Crippen LogP contribution in [0, 0.1) is 5.92 Å². The Morgan fingerprint density at radius 2 is 2.14 bits per heavy atom. The Balaban J connectivity index is 0.00000280. The van der Waals surface area contributed by atoms with Crippen LogP contribution in [0.4, 0.5) is 0 Å². The van der Waals surface area contributed by atoms with Gasteiger partial charge in [-0.3, -0.25) is 4.79 Å². The number of hydrogen-bond acceptors (Lipinski definition) is 5. The molecule has 1 aromatic heterocycles. The molecule has 28 heavy (non-hydrogen) atoms. The van der Waals surface area contributed by atoms with Crippen LogP contribution < -0.4 is 10.5 Å². The average molecular weight is 409 g/mol. The zero-order chi connectivity index (χ0) is 19.4. The zero-order valence-electron chi connectivity index (χ0n) is 16.6. The second kappa shape index (κ2) is 9.91. The molecule has 1 aromatic carbocycles. The van der Waals surface area contributed by atoms with Crippen LogP contribution in [0.15, 0.2) is 36.7 Å². The molecule has 1 fully saturated rings. The van der Waals surface area contributed by atoms with E-state index in [0.717, 1.165) is 29.8 Å². The number of nitrogens with two attached hydrogens (primary N) is 1. The summed E-state index contributed by atoms with van der Waals surface area (Å²) >= 11 is 0. The molecule has 1 amide bonds. The number of halogens is 1. The molecule has 0 aliphatic heterocycles. The van der Waals surface area contributed by atoms with Gasteiger partial charge in [0.2, 0.25) is 5.91 Å². The molecule has 1 aliphatic carbocycles. The number of rotatable bonds is 6. The van der Waals surface area contributed by atoms with Crippen molar-refractivity contribution < 1.29 is 14.3 Å². The quantitative estimate of drug-likeness (QED) is 0.793. The standard InChI is InChI=1S/C20H28N4O3.ClH/c1-23(20(25)15-7-8-19(27-3)18(21)9-15)12-14-11-22-24(13-14)16-5-4-6-17(10-16)26-2;/h4-6,10-11,13,15,18-19H,7-9,12,21H2,1-3H3;1H/t15-,18+,19+;/m0./s1. The highest BCUT2D eigenvalue weighted by Crippen LogP contribution is 2.27. The smallest absolute Gasteiger partial charge is 0.225 e. The number of carbonyl (C=O) groups excluding carboxylic acids is 1. The van der Waals surface area contributed by atoms with E-state index >= 15 is 0 Å². The topological polar surface area (TPSA) is 82.6 Å². The van der Waals surface area contributed by atoms with E-state index in [1.165, 1.54) is 0 Å². The first-order chi connectivity index (χ1) is 13.0. The second-order valence-corrected chi connectivity index (χ2v) is 7.14. The van der Waals surface area contributed by atoms with Gasteiger partial charge in [-0.15, -0.1) is 12.4 Å². The van der Waals surface area contributed by atoms with Crippen LogP contribution in [0.3, 0.4) is 0 Å². The van der Waals surface area contributed by atoms with Gasteiger partial charge >= 0.3 is 0 Å². The number of amides is 1. The highest BCUT2D eigenvalue weighted by atomic mass is 35.5. The Hall–Kier alpha value is -2.09. The fourth-order valence-electron chi connectivity index (χ4n) is 3.69. The van der Waals surface area contributed by atoms with Gasteiger partial charge in [-0.1, -0.05) is 6.07 Å². The number of aromatic nitrogens is 2. The third-order valence-electron chi connectivity index (χ3n) is 5.24. The van der Waals surface area contributed by atoms with E-state index in [9.17, 15) is 4.79 Å². The van der Waals surface area contributed by atoms with Crippen molar-refractivity contribution >= 4 is 18.3 Å². The fourth-order valence-corrected chi connectivity index (χ4v) is 3.69. The summed E-state index contributed by atoms with van der Waals surface area (Å²) in [6, 6.07) is 7.61. The number of methoxy groups -OCH3 is 2. The third-order valence-corrected chi connectivity index (χ3v) is 5.24. The molecule has 2 aromatic rings. The fraction of sp³-hybridized carbons (Fsp3) is 0.500. The molecule has 8 heteroatoms. The van der Waals surface area contributed by atoms with Crippen molar-refractivity contribution in [2.24, 2.45) is 11.7 Å². The Morgan fingerprint density at radius 1 is 1.36 bits per heavy atom. The van der Waals surface area contributed by atoms with Gasteiger partial charge in [0.25, 0.3) is 0 Å². The van der Waals surface area contributed by atoms with Crippen molar-refractivity contribution in [2.45, 2.75) is 38.0 Å². The lowest BCUT2D eigenvalue weighted by molar-refractivity contribution is -0.137. The minimum absolute atomic E-state index is 0. The summed E-state index contributed by atoms with van der Waals surface area (Å²) in [7, 11) is 5.15. The monoisotopic (exact) mass is 408 g/mol. The van der Waals surface area contributed by atoms with E-state index in [0.29, 0.717) is 13.0 Å². The Labute approximate surface area is 172 Å². The van der Waals surface area contributed by atoms with E-state index in [4.69, 9.17) is 15.2 Å². The van der Waals surface area contributed by atoms with E-state index in [-0.39, 0.29) is 36.4 Å². The molecule has 1 saturated carbocycles. The maximum atomic E-state index is 12.8. The minimum atomic E-state index is -0.0816. The molecule has 2 N–H and O–H groups in total. The van der Waals surface area contributed by atoms with E-state index < -0.39 is 0 Å². The predicted molar refractivity (Wildman–Crippen MR) is 110 cm³/mol. The number of ether oxygens (including phenoxy) is 2. The van der Waals surface area contributed by atoms with Gasteiger partial charge < -0.3 is 20.1 Å². The molecule has 3 atom stereocenters. The second-order valence-electron chi connectivity index (χ2n) is 7.14. The third kappa shape index (κ3) is 5.04. The van der Waals surface area contributed by atoms with Crippen molar-refractivity contribution in [1.29, 1.82) is 0 Å². The van der Waals surface area contributed by atoms with Crippen LogP contribution >= 0.6 is 12.4 Å². The maximum Gasteiger partial charge on any atom is 0.225 e. The van der Waals surface area contributed by atoms with E-state index in [1.807, 2.05) is 37.5 Å². The molecular formula is C20H29ClN4O3. The van der Waals surface area contributed by atoms with Gasteiger partial charge in [-0.2, -0.15) is 5.10 Å². The van der Waals surface area contributed by atoms with Crippen molar-refractivity contribution in [3.05, 3.63) is 42.2 Å². The van der Waals surface area contributed by atoms with Crippen LogP contribution in [-0.2, 0) is 16.1 Å². The van der Waals surface area contributed by atoms with Gasteiger partial charge in [0.05, 0.1) is 25.1 Å². The van der Waals surface area contributed by atoms with Gasteiger partial charge in [-0.25, -0.2) is 4.68 Å². The lowest BCUT2D eigenvalue weighted by atomic mass is 9.83. The highest BCUT2D eigenvalue weighted by Gasteiger charge is 2.33. The lowest BCUT2D eigenvalue weighted by Gasteiger charge is -2.34. The molecule has 7 nitrogen and oxygen atoms in total. The summed E-state index contributed by atoms with van der Waals surface area (Å²) in [5.74, 6) is 0.874. The minimum Gasteiger partial charge on any atom is -0.497 e. The molecule has 0 saturated heterocycles. The summed E-state index contributed by atoms with van der Waals surface area (Å²) in [5.41, 5.74) is 8.03. The van der Waals surface area contributed by atoms with Gasteiger partial charge in [0.15, 0.2) is 0 Å². The number of nitrogens with zero attached hydrogens (tertiary/aromatic N) is 3. The summed E-state index contributed by atoms with van der Waals surface area (Å²) in [6.07, 6.45) is 6.10. The molecule has 0 radical (unpaired) electrons. The Kier molecular flexibility index (Phi) is 7.86. The van der Waals surface area contributed by atoms with Crippen LogP contribution in [0.5, 0.6) is 5.75 Å². The zero-order valence-corrected chi connectivity index (χ0v) is 17.4. The first kappa shape index (κ1) is 22.2. The first-order valence-electron chi connectivity index (χ1n) is 9.23. The largest absolute Gasteiger partial charge is 0.497 e. The van der Waals surface area contributed by atoms with Crippen molar-refractivity contribution in [2.75, 3.05) is 21.3 Å². The first-order valence-corrected chi connectivity index (χ1v) is 9.23. The Morgan fingerprint density at radius 3 is 2.82 bits per heavy atom. The van der Waals surface area contributed by atoms with Crippen molar-refractivity contribution in [1.82, 2.24) is 14.7 Å². The van der Waals surface area contributed by atoms with Crippen LogP contribution in [0.2, 0.25) is 0 Å². The average Bonchev–Trinajstić information content (AvgIpc) is 3.15. The van der Waals surface area contributed by atoms with Crippen LogP contribution in [0.1, 0.15) is 24.8 Å². The summed E-state index contributed by atoms with van der Waals surface area (Å²) in [6.45, 7) is 0.516. The summed E-state index contributed by atoms with van der Waals surface area (Å²) in [4.78, 5) is 14.6. The number of benzene rings is 1. The van der Waals surface area contributed by atoms with Gasteiger partial charge in [0.1, 0.15) is 5.75 Å². The summed E-state index contributed by atoms with van der Waals surface area (Å²) < 4.78 is 12.4. The normalized spacial score (nSPS) is 21.6. The molecule has 0 spiro atoms. The van der Waals surface area contributed by atoms with Gasteiger partial charge in [0, 0.05) is 50.5 Å². The SMILES string of the molecule is COc1cccc(-n2cc(CN(C)C(=O)[C@H]3CC[C@@H](OC)[C@H](N)C3)cn2)c1.Cl. The Bertz CT molecular complexity index is 782. The predicted octanol–water partition coefficient (Wildman–Crippen LogP) is 2.40. The number of hydrogen-bond donors (Lipinski definition) is 1.